The molecule has 1 aliphatic carbocycles. The largest absolute Gasteiger partial charge is 0.342 e. The van der Waals surface area contributed by atoms with Crippen LogP contribution in [0.5, 0.6) is 0 Å². The molecule has 2 N–H and O–H groups in total. The van der Waals surface area contributed by atoms with Gasteiger partial charge in [-0.3, -0.25) is 19.9 Å². The van der Waals surface area contributed by atoms with Crippen molar-refractivity contribution >= 4 is 17.8 Å². The maximum atomic E-state index is 13.9. The van der Waals surface area contributed by atoms with E-state index < -0.39 is 5.54 Å². The average Bonchev–Trinajstić information content (AvgIpc) is 3.63. The predicted molar refractivity (Wildman–Crippen MR) is 118 cm³/mol. The number of amides is 2. The van der Waals surface area contributed by atoms with Crippen LogP contribution in [0.4, 0.5) is 0 Å². The molecule has 5 rings (SSSR count). The lowest BCUT2D eigenvalue weighted by atomic mass is 9.82. The summed E-state index contributed by atoms with van der Waals surface area (Å²) in [5.41, 5.74) is 0.554. The van der Waals surface area contributed by atoms with Gasteiger partial charge in [0.25, 0.3) is 5.91 Å². The number of guanidine groups is 1. The van der Waals surface area contributed by atoms with E-state index in [-0.39, 0.29) is 29.6 Å². The Bertz CT molecular complexity index is 948. The van der Waals surface area contributed by atoms with Gasteiger partial charge in [0.1, 0.15) is 0 Å². The molecule has 3 aliphatic rings. The summed E-state index contributed by atoms with van der Waals surface area (Å²) in [4.78, 5) is 30.0. The number of piperidine rings is 1. The Balaban J connectivity index is 1.41. The number of carbonyl (C=O) groups excluding carboxylic acids is 2. The highest BCUT2D eigenvalue weighted by Crippen LogP contribution is 2.37. The van der Waals surface area contributed by atoms with Gasteiger partial charge in [0.05, 0.1) is 0 Å². The van der Waals surface area contributed by atoms with Crippen molar-refractivity contribution in [2.75, 3.05) is 19.6 Å². The standard InChI is InChI=1S/C25H28N4O2/c26-24-27-25(20-9-3-1-4-10-20,21-11-5-2-6-12-21)23(31)29(24)17-18-8-7-15-28(16-18)22(30)19-13-14-19/h1-6,9-12,18-19H,7-8,13-17H2,(H2,26,27)/t18-/m0/s1. The second kappa shape index (κ2) is 7.84. The van der Waals surface area contributed by atoms with Crippen LogP contribution in [0.1, 0.15) is 36.8 Å². The lowest BCUT2D eigenvalue weighted by molar-refractivity contribution is -0.134. The van der Waals surface area contributed by atoms with Crippen molar-refractivity contribution in [1.82, 2.24) is 15.1 Å². The Kier molecular flexibility index (Phi) is 5.00. The predicted octanol–water partition coefficient (Wildman–Crippen LogP) is 2.95. The molecule has 3 fully saturated rings. The number of nitrogens with one attached hydrogen (secondary N) is 2. The Labute approximate surface area is 182 Å². The molecule has 2 heterocycles. The van der Waals surface area contributed by atoms with Gasteiger partial charge >= 0.3 is 0 Å². The smallest absolute Gasteiger partial charge is 0.264 e. The number of carbonyl (C=O) groups is 2. The van der Waals surface area contributed by atoms with E-state index >= 15 is 0 Å². The fourth-order valence-electron chi connectivity index (χ4n) is 4.97. The van der Waals surface area contributed by atoms with Gasteiger partial charge < -0.3 is 10.2 Å². The number of benzene rings is 2. The molecule has 6 nitrogen and oxygen atoms in total. The quantitative estimate of drug-likeness (QED) is 0.787. The maximum Gasteiger partial charge on any atom is 0.264 e. The van der Waals surface area contributed by atoms with Crippen molar-refractivity contribution < 1.29 is 9.59 Å². The Hall–Kier alpha value is -3.15. The van der Waals surface area contributed by atoms with E-state index in [2.05, 4.69) is 5.32 Å². The van der Waals surface area contributed by atoms with Crippen molar-refractivity contribution in [2.45, 2.75) is 31.2 Å². The van der Waals surface area contributed by atoms with E-state index in [0.717, 1.165) is 43.4 Å². The number of hydrogen-bond donors (Lipinski definition) is 2. The molecule has 2 saturated heterocycles. The van der Waals surface area contributed by atoms with Crippen LogP contribution in [-0.2, 0) is 15.1 Å². The third kappa shape index (κ3) is 3.50. The van der Waals surface area contributed by atoms with Crippen molar-refractivity contribution in [1.29, 1.82) is 5.41 Å². The minimum atomic E-state index is -1.10. The van der Waals surface area contributed by atoms with Gasteiger partial charge in [-0.2, -0.15) is 0 Å². The molecule has 0 spiro atoms. The Morgan fingerprint density at radius 1 is 1.00 bits per heavy atom. The first-order chi connectivity index (χ1) is 15.1. The summed E-state index contributed by atoms with van der Waals surface area (Å²) in [5, 5.41) is 11.9. The molecule has 0 radical (unpaired) electrons. The first kappa shape index (κ1) is 19.8. The minimum Gasteiger partial charge on any atom is -0.342 e. The summed E-state index contributed by atoms with van der Waals surface area (Å²) in [6.45, 7) is 1.95. The fourth-order valence-corrected chi connectivity index (χ4v) is 4.97. The molecule has 1 atom stereocenters. The van der Waals surface area contributed by atoms with E-state index in [0.29, 0.717) is 13.1 Å². The summed E-state index contributed by atoms with van der Waals surface area (Å²) in [7, 11) is 0. The van der Waals surface area contributed by atoms with Crippen LogP contribution in [0.25, 0.3) is 0 Å². The van der Waals surface area contributed by atoms with Gasteiger partial charge in [0.2, 0.25) is 5.91 Å². The molecular formula is C25H28N4O2. The van der Waals surface area contributed by atoms with E-state index in [9.17, 15) is 9.59 Å². The van der Waals surface area contributed by atoms with E-state index in [1.54, 1.807) is 4.90 Å². The van der Waals surface area contributed by atoms with Gasteiger partial charge in [-0.05, 0) is 42.7 Å². The minimum absolute atomic E-state index is 0.124. The zero-order chi connectivity index (χ0) is 21.4. The molecule has 6 heteroatoms. The summed E-state index contributed by atoms with van der Waals surface area (Å²) in [5.74, 6) is 0.679. The molecule has 160 valence electrons. The molecule has 0 aromatic heterocycles. The van der Waals surface area contributed by atoms with Crippen LogP contribution < -0.4 is 5.32 Å². The first-order valence-corrected chi connectivity index (χ1v) is 11.2. The van der Waals surface area contributed by atoms with Gasteiger partial charge in [-0.25, -0.2) is 0 Å². The highest BCUT2D eigenvalue weighted by molar-refractivity contribution is 6.10. The van der Waals surface area contributed by atoms with Crippen molar-refractivity contribution in [3.63, 3.8) is 0 Å². The second-order valence-electron chi connectivity index (χ2n) is 8.94. The molecule has 2 aromatic rings. The lowest BCUT2D eigenvalue weighted by Gasteiger charge is -2.35. The molecular weight excluding hydrogens is 388 g/mol. The highest BCUT2D eigenvalue weighted by atomic mass is 16.2. The summed E-state index contributed by atoms with van der Waals surface area (Å²) in [6, 6.07) is 19.3. The van der Waals surface area contributed by atoms with Crippen LogP contribution in [0.15, 0.2) is 60.7 Å². The zero-order valence-electron chi connectivity index (χ0n) is 17.6. The first-order valence-electron chi connectivity index (χ1n) is 11.2. The number of hydrogen-bond acceptors (Lipinski definition) is 3. The fraction of sp³-hybridized carbons (Fsp3) is 0.400. The van der Waals surface area contributed by atoms with Gasteiger partial charge in [-0.15, -0.1) is 0 Å². The van der Waals surface area contributed by atoms with Crippen LogP contribution in [-0.4, -0.2) is 47.2 Å². The van der Waals surface area contributed by atoms with E-state index in [4.69, 9.17) is 5.41 Å². The van der Waals surface area contributed by atoms with Gasteiger partial charge in [0, 0.05) is 25.6 Å². The van der Waals surface area contributed by atoms with Gasteiger partial charge in [-0.1, -0.05) is 60.7 Å². The molecule has 31 heavy (non-hydrogen) atoms. The Morgan fingerprint density at radius 2 is 1.61 bits per heavy atom. The molecule has 2 amide bonds. The van der Waals surface area contributed by atoms with Crippen molar-refractivity contribution in [2.24, 2.45) is 11.8 Å². The number of nitrogens with zero attached hydrogens (tertiary/aromatic N) is 2. The van der Waals surface area contributed by atoms with Crippen LogP contribution in [0, 0.1) is 17.2 Å². The zero-order valence-corrected chi connectivity index (χ0v) is 17.6. The summed E-state index contributed by atoms with van der Waals surface area (Å²) >= 11 is 0. The topological polar surface area (TPSA) is 76.5 Å². The SMILES string of the molecule is N=C1NC(c2ccccc2)(c2ccccc2)C(=O)N1C[C@H]1CCCN(C(=O)C2CC2)C1. The van der Waals surface area contributed by atoms with E-state index in [1.807, 2.05) is 65.6 Å². The van der Waals surface area contributed by atoms with Crippen LogP contribution >= 0.6 is 0 Å². The maximum absolute atomic E-state index is 13.9. The lowest BCUT2D eigenvalue weighted by Crippen LogP contribution is -2.47. The number of likely N-dealkylation sites (tertiary alicyclic amines) is 1. The number of rotatable bonds is 5. The summed E-state index contributed by atoms with van der Waals surface area (Å²) in [6.07, 6.45) is 3.94. The average molecular weight is 417 g/mol. The molecule has 2 aromatic carbocycles. The summed E-state index contributed by atoms with van der Waals surface area (Å²) < 4.78 is 0. The molecule has 0 bridgehead atoms. The monoisotopic (exact) mass is 416 g/mol. The van der Waals surface area contributed by atoms with Crippen LogP contribution in [0.2, 0.25) is 0 Å². The normalized spacial score (nSPS) is 23.0. The third-order valence-electron chi connectivity index (χ3n) is 6.75. The third-order valence-corrected chi connectivity index (χ3v) is 6.75. The highest BCUT2D eigenvalue weighted by Gasteiger charge is 2.52. The molecule has 1 saturated carbocycles. The van der Waals surface area contributed by atoms with Crippen molar-refractivity contribution in [3.05, 3.63) is 71.8 Å². The Morgan fingerprint density at radius 3 is 2.19 bits per heavy atom. The second-order valence-corrected chi connectivity index (χ2v) is 8.94. The van der Waals surface area contributed by atoms with Crippen LogP contribution in [0.3, 0.4) is 0 Å². The van der Waals surface area contributed by atoms with Crippen molar-refractivity contribution in [3.8, 4) is 0 Å². The molecule has 0 unspecified atom stereocenters. The molecule has 2 aliphatic heterocycles. The van der Waals surface area contributed by atoms with E-state index in [1.165, 1.54) is 0 Å². The van der Waals surface area contributed by atoms with Gasteiger partial charge in [0.15, 0.2) is 11.5 Å².